The van der Waals surface area contributed by atoms with E-state index in [0.29, 0.717) is 23.5 Å². The lowest BCUT2D eigenvalue weighted by Crippen LogP contribution is -2.28. The van der Waals surface area contributed by atoms with Gasteiger partial charge in [0.2, 0.25) is 10.0 Å². The van der Waals surface area contributed by atoms with Crippen LogP contribution in [0.25, 0.3) is 0 Å². The zero-order valence-corrected chi connectivity index (χ0v) is 23.2. The summed E-state index contributed by atoms with van der Waals surface area (Å²) in [7, 11) is -0.417. The average molecular weight is 601 g/mol. The second kappa shape index (κ2) is 14.6. The average Bonchev–Trinajstić information content (AvgIpc) is 2.91. The molecule has 0 aliphatic heterocycles. The van der Waals surface area contributed by atoms with Crippen molar-refractivity contribution in [2.45, 2.75) is 24.7 Å². The first kappa shape index (κ1) is 33.2. The zero-order chi connectivity index (χ0) is 30.8. The van der Waals surface area contributed by atoms with Crippen LogP contribution < -0.4 is 19.5 Å². The standard InChI is InChI=1S/C25H30N2O6S.C2HF3O2/c1-32-24-12-10-18(15-25(24)33-2)20(13-17-7-5-4-6-8-17)26-16-23(29)19-9-11-22(28)21(14-19)27-34(3,30)31;3-2(4,5)1(6)7/h4-12,14-15,20,23,26-29H,13,16H2,1-3H3;(H,6,7). The summed E-state index contributed by atoms with van der Waals surface area (Å²) in [5.74, 6) is -1.75. The highest BCUT2D eigenvalue weighted by molar-refractivity contribution is 7.92. The lowest BCUT2D eigenvalue weighted by Gasteiger charge is -2.23. The molecular weight excluding hydrogens is 569 g/mol. The lowest BCUT2D eigenvalue weighted by molar-refractivity contribution is -0.192. The van der Waals surface area contributed by atoms with Gasteiger partial charge in [0.15, 0.2) is 11.5 Å². The number of anilines is 1. The fraction of sp³-hybridized carbons (Fsp3) is 0.296. The van der Waals surface area contributed by atoms with Crippen LogP contribution in [-0.4, -0.2) is 62.9 Å². The number of nitrogens with one attached hydrogen (secondary N) is 2. The van der Waals surface area contributed by atoms with E-state index in [1.54, 1.807) is 20.3 Å². The highest BCUT2D eigenvalue weighted by atomic mass is 32.2. The molecule has 3 rings (SSSR count). The van der Waals surface area contributed by atoms with Gasteiger partial charge >= 0.3 is 12.1 Å². The van der Waals surface area contributed by atoms with Crippen molar-refractivity contribution in [1.82, 2.24) is 5.32 Å². The van der Waals surface area contributed by atoms with Gasteiger partial charge in [-0.05, 0) is 47.4 Å². The number of methoxy groups -OCH3 is 2. The van der Waals surface area contributed by atoms with Crippen LogP contribution in [-0.2, 0) is 21.2 Å². The fourth-order valence-electron chi connectivity index (χ4n) is 3.64. The van der Waals surface area contributed by atoms with Crippen molar-refractivity contribution in [2.24, 2.45) is 0 Å². The van der Waals surface area contributed by atoms with Gasteiger partial charge in [-0.15, -0.1) is 0 Å². The third-order valence-corrected chi connectivity index (χ3v) is 6.18. The third-order valence-electron chi connectivity index (χ3n) is 5.59. The molecule has 3 aromatic carbocycles. The predicted molar refractivity (Wildman–Crippen MR) is 146 cm³/mol. The number of sulfonamides is 1. The predicted octanol–water partition coefficient (Wildman–Crippen LogP) is 4.02. The van der Waals surface area contributed by atoms with Gasteiger partial charge < -0.3 is 30.1 Å². The van der Waals surface area contributed by atoms with E-state index in [0.717, 1.165) is 17.4 Å². The number of phenolic OH excluding ortho intramolecular Hbond substituents is 1. The van der Waals surface area contributed by atoms with Gasteiger partial charge in [-0.25, -0.2) is 13.2 Å². The molecule has 2 unspecified atom stereocenters. The van der Waals surface area contributed by atoms with Gasteiger partial charge in [0.25, 0.3) is 0 Å². The van der Waals surface area contributed by atoms with Crippen molar-refractivity contribution < 1.29 is 51.2 Å². The first-order chi connectivity index (χ1) is 19.1. The quantitative estimate of drug-likeness (QED) is 0.205. The van der Waals surface area contributed by atoms with E-state index in [1.807, 2.05) is 48.5 Å². The van der Waals surface area contributed by atoms with E-state index in [4.69, 9.17) is 19.4 Å². The molecule has 0 aliphatic rings. The summed E-state index contributed by atoms with van der Waals surface area (Å²) in [5, 5.41) is 31.3. The Morgan fingerprint density at radius 3 is 2.07 bits per heavy atom. The number of alkyl halides is 3. The second-order valence-corrected chi connectivity index (χ2v) is 10.5. The van der Waals surface area contributed by atoms with E-state index >= 15 is 0 Å². The van der Waals surface area contributed by atoms with Crippen molar-refractivity contribution >= 4 is 21.7 Å². The lowest BCUT2D eigenvalue weighted by atomic mass is 9.97. The molecule has 14 heteroatoms. The van der Waals surface area contributed by atoms with Gasteiger partial charge in [0, 0.05) is 12.6 Å². The number of aliphatic hydroxyl groups excluding tert-OH is 1. The van der Waals surface area contributed by atoms with Crippen molar-refractivity contribution in [3.8, 4) is 17.2 Å². The minimum atomic E-state index is -5.08. The molecule has 0 aliphatic carbocycles. The van der Waals surface area contributed by atoms with Crippen LogP contribution in [0.15, 0.2) is 66.7 Å². The summed E-state index contributed by atoms with van der Waals surface area (Å²) < 4.78 is 67.9. The molecule has 0 amide bonds. The smallest absolute Gasteiger partial charge is 0.490 e. The summed E-state index contributed by atoms with van der Waals surface area (Å²) in [4.78, 5) is 8.90. The van der Waals surface area contributed by atoms with Crippen LogP contribution in [0.5, 0.6) is 17.2 Å². The molecule has 41 heavy (non-hydrogen) atoms. The number of rotatable bonds is 11. The maximum atomic E-state index is 11.6. The summed E-state index contributed by atoms with van der Waals surface area (Å²) in [5.41, 5.74) is 2.55. The minimum absolute atomic E-state index is 0.0137. The molecule has 0 radical (unpaired) electrons. The molecule has 3 aromatic rings. The second-order valence-electron chi connectivity index (χ2n) is 8.73. The van der Waals surface area contributed by atoms with Crippen LogP contribution in [0, 0.1) is 0 Å². The summed E-state index contributed by atoms with van der Waals surface area (Å²) in [6, 6.07) is 19.8. The number of carbonyl (C=O) groups is 1. The Kier molecular flexibility index (Phi) is 11.8. The molecule has 0 spiro atoms. The number of aliphatic hydroxyl groups is 1. The monoisotopic (exact) mass is 600 g/mol. The van der Waals surface area contributed by atoms with Crippen molar-refractivity contribution in [2.75, 3.05) is 31.7 Å². The number of aromatic hydroxyl groups is 1. The van der Waals surface area contributed by atoms with Crippen molar-refractivity contribution in [3.63, 3.8) is 0 Å². The molecule has 2 atom stereocenters. The van der Waals surface area contributed by atoms with Crippen molar-refractivity contribution in [3.05, 3.63) is 83.4 Å². The minimum Gasteiger partial charge on any atom is -0.506 e. The maximum absolute atomic E-state index is 11.6. The molecule has 0 bridgehead atoms. The summed E-state index contributed by atoms with van der Waals surface area (Å²) >= 11 is 0. The molecule has 224 valence electrons. The molecular formula is C27H31F3N2O8S. The third kappa shape index (κ3) is 10.8. The van der Waals surface area contributed by atoms with E-state index in [-0.39, 0.29) is 24.0 Å². The van der Waals surface area contributed by atoms with Crippen LogP contribution in [0.2, 0.25) is 0 Å². The number of carboxylic acids is 1. The van der Waals surface area contributed by atoms with Gasteiger partial charge in [-0.2, -0.15) is 13.2 Å². The Hall–Kier alpha value is -4.01. The van der Waals surface area contributed by atoms with E-state index in [1.165, 1.54) is 12.1 Å². The zero-order valence-electron chi connectivity index (χ0n) is 22.3. The Morgan fingerprint density at radius 2 is 1.54 bits per heavy atom. The Bertz CT molecular complexity index is 1400. The van der Waals surface area contributed by atoms with E-state index in [9.17, 15) is 31.8 Å². The Morgan fingerprint density at radius 1 is 0.951 bits per heavy atom. The van der Waals surface area contributed by atoms with Crippen LogP contribution in [0.1, 0.15) is 28.8 Å². The normalized spacial score (nSPS) is 12.9. The Balaban J connectivity index is 0.000000745. The summed E-state index contributed by atoms with van der Waals surface area (Å²) in [6.07, 6.45) is -4.37. The molecule has 0 aromatic heterocycles. The number of aliphatic carboxylic acids is 1. The van der Waals surface area contributed by atoms with Gasteiger partial charge in [0.05, 0.1) is 32.3 Å². The summed E-state index contributed by atoms with van der Waals surface area (Å²) in [6.45, 7) is 0.189. The number of hydrogen-bond donors (Lipinski definition) is 5. The SMILES string of the molecule is COc1ccc(C(Cc2ccccc2)NCC(O)c2ccc(O)c(NS(C)(=O)=O)c2)cc1OC.O=C(O)C(F)(F)F. The molecule has 0 saturated carbocycles. The number of ether oxygens (including phenoxy) is 2. The highest BCUT2D eigenvalue weighted by Gasteiger charge is 2.38. The van der Waals surface area contributed by atoms with E-state index < -0.39 is 28.3 Å². The highest BCUT2D eigenvalue weighted by Crippen LogP contribution is 2.32. The number of phenols is 1. The Labute approximate surface area is 235 Å². The molecule has 0 heterocycles. The fourth-order valence-corrected chi connectivity index (χ4v) is 4.20. The topological polar surface area (TPSA) is 154 Å². The number of carboxylic acid groups (broad SMARTS) is 1. The molecule has 10 nitrogen and oxygen atoms in total. The van der Waals surface area contributed by atoms with E-state index in [2.05, 4.69) is 10.0 Å². The van der Waals surface area contributed by atoms with Crippen molar-refractivity contribution in [1.29, 1.82) is 0 Å². The van der Waals surface area contributed by atoms with Gasteiger partial charge in [-0.3, -0.25) is 4.72 Å². The van der Waals surface area contributed by atoms with Gasteiger partial charge in [-0.1, -0.05) is 42.5 Å². The number of halogens is 3. The van der Waals surface area contributed by atoms with Crippen LogP contribution in [0.3, 0.4) is 0 Å². The van der Waals surface area contributed by atoms with Crippen LogP contribution in [0.4, 0.5) is 18.9 Å². The first-order valence-corrected chi connectivity index (χ1v) is 13.8. The van der Waals surface area contributed by atoms with Crippen LogP contribution >= 0.6 is 0 Å². The number of benzene rings is 3. The number of hydrogen-bond acceptors (Lipinski definition) is 8. The molecule has 5 N–H and O–H groups in total. The molecule has 0 fully saturated rings. The molecule has 0 saturated heterocycles. The maximum Gasteiger partial charge on any atom is 0.490 e. The first-order valence-electron chi connectivity index (χ1n) is 11.9. The van der Waals surface area contributed by atoms with Gasteiger partial charge in [0.1, 0.15) is 5.75 Å². The largest absolute Gasteiger partial charge is 0.506 e.